The summed E-state index contributed by atoms with van der Waals surface area (Å²) >= 11 is 0. The normalized spacial score (nSPS) is 10.8. The molecule has 2 heteroatoms. The van der Waals surface area contributed by atoms with Gasteiger partial charge in [-0.15, -0.1) is 0 Å². The quantitative estimate of drug-likeness (QED) is 0.584. The summed E-state index contributed by atoms with van der Waals surface area (Å²) in [5, 5.41) is 9.50. The van der Waals surface area contributed by atoms with Crippen molar-refractivity contribution in [2.45, 2.75) is 0 Å². The smallest absolute Gasteiger partial charge is 0.101 e. The molecule has 12 heavy (non-hydrogen) atoms. The first kappa shape index (κ1) is 5.73. The van der Waals surface area contributed by atoms with Gasteiger partial charge in [0.25, 0.3) is 0 Å². The van der Waals surface area contributed by atoms with Crippen LogP contribution >= 0.6 is 0 Å². The van der Waals surface area contributed by atoms with Crippen LogP contribution in [0.1, 0.15) is 6.93 Å². The Morgan fingerprint density at radius 1 is 1.42 bits per heavy atom. The first-order chi connectivity index (χ1) is 6.33. The second-order valence-corrected chi connectivity index (χ2v) is 2.40. The molecule has 56 valence electrons. The molecular formula is C10H6N2. The SMILES string of the molecule is [2H]c1ccc(C#N)c2ncccc12. The standard InChI is InChI=1S/C10H6N2/c11-7-9-4-1-3-8-5-2-6-12-10(8)9/h1-6H/i3D. The van der Waals surface area contributed by atoms with Crippen LogP contribution in [0.15, 0.2) is 36.5 Å². The largest absolute Gasteiger partial charge is 0.255 e. The molecule has 1 aromatic carbocycles. The van der Waals surface area contributed by atoms with Gasteiger partial charge in [0, 0.05) is 11.6 Å². The molecule has 1 aromatic heterocycles. The fraction of sp³-hybridized carbons (Fsp3) is 0. The zero-order chi connectivity index (χ0) is 9.26. The van der Waals surface area contributed by atoms with E-state index in [1.165, 1.54) is 0 Å². The van der Waals surface area contributed by atoms with E-state index in [0.717, 1.165) is 5.39 Å². The van der Waals surface area contributed by atoms with Crippen LogP contribution in [0.4, 0.5) is 0 Å². The van der Waals surface area contributed by atoms with Crippen molar-refractivity contribution in [1.82, 2.24) is 4.98 Å². The number of nitrogens with zero attached hydrogens (tertiary/aromatic N) is 2. The van der Waals surface area contributed by atoms with Crippen LogP contribution in [0.5, 0.6) is 0 Å². The Hall–Kier alpha value is -1.88. The maximum atomic E-state index is 8.78. The molecule has 0 aliphatic heterocycles. The molecule has 0 aliphatic carbocycles. The lowest BCUT2D eigenvalue weighted by atomic mass is 10.1. The van der Waals surface area contributed by atoms with E-state index >= 15 is 0 Å². The number of rotatable bonds is 0. The number of hydrogen-bond acceptors (Lipinski definition) is 2. The van der Waals surface area contributed by atoms with Crippen LogP contribution in [0, 0.1) is 11.3 Å². The summed E-state index contributed by atoms with van der Waals surface area (Å²) in [5.74, 6) is 0. The van der Waals surface area contributed by atoms with Gasteiger partial charge < -0.3 is 0 Å². The Kier molecular flexibility index (Phi) is 1.26. The van der Waals surface area contributed by atoms with Crippen molar-refractivity contribution in [2.24, 2.45) is 0 Å². The molecule has 1 heterocycles. The van der Waals surface area contributed by atoms with Crippen LogP contribution in [0.3, 0.4) is 0 Å². The molecule has 0 atom stereocenters. The highest BCUT2D eigenvalue weighted by atomic mass is 14.6. The van der Waals surface area contributed by atoms with Gasteiger partial charge in [-0.3, -0.25) is 4.98 Å². The van der Waals surface area contributed by atoms with Crippen LogP contribution in [0.25, 0.3) is 10.9 Å². The zero-order valence-corrected chi connectivity index (χ0v) is 6.28. The van der Waals surface area contributed by atoms with Crippen molar-refractivity contribution in [3.63, 3.8) is 0 Å². The number of pyridine rings is 1. The molecule has 0 amide bonds. The van der Waals surface area contributed by atoms with Gasteiger partial charge in [-0.25, -0.2) is 0 Å². The molecule has 2 nitrogen and oxygen atoms in total. The predicted molar refractivity (Wildman–Crippen MR) is 46.5 cm³/mol. The van der Waals surface area contributed by atoms with Crippen LogP contribution in [-0.4, -0.2) is 4.98 Å². The third kappa shape index (κ3) is 0.923. The average Bonchev–Trinajstić information content (AvgIpc) is 2.19. The molecule has 0 radical (unpaired) electrons. The van der Waals surface area contributed by atoms with E-state index in [1.54, 1.807) is 30.5 Å². The number of nitriles is 1. The summed E-state index contributed by atoms with van der Waals surface area (Å²) in [5.41, 5.74) is 1.13. The molecule has 0 saturated heterocycles. The van der Waals surface area contributed by atoms with Gasteiger partial charge in [-0.05, 0) is 12.1 Å². The summed E-state index contributed by atoms with van der Waals surface area (Å²) in [6, 6.07) is 9.25. The number of fused-ring (bicyclic) bond motifs is 1. The molecule has 2 rings (SSSR count). The van der Waals surface area contributed by atoms with Crippen molar-refractivity contribution in [3.05, 3.63) is 42.1 Å². The van der Waals surface area contributed by atoms with E-state index in [2.05, 4.69) is 11.1 Å². The van der Waals surface area contributed by atoms with E-state index in [1.807, 2.05) is 0 Å². The lowest BCUT2D eigenvalue weighted by Crippen LogP contribution is -1.81. The van der Waals surface area contributed by atoms with Gasteiger partial charge in [-0.1, -0.05) is 18.2 Å². The maximum absolute atomic E-state index is 8.78. The third-order valence-electron chi connectivity index (χ3n) is 1.67. The fourth-order valence-corrected chi connectivity index (χ4v) is 1.12. The molecule has 0 saturated carbocycles. The van der Waals surface area contributed by atoms with E-state index < -0.39 is 0 Å². The summed E-state index contributed by atoms with van der Waals surface area (Å²) in [6.07, 6.45) is 1.63. The molecule has 0 aliphatic rings. The number of hydrogen-bond donors (Lipinski definition) is 0. The summed E-state index contributed by atoms with van der Waals surface area (Å²) < 4.78 is 7.59. The lowest BCUT2D eigenvalue weighted by molar-refractivity contribution is 1.39. The highest BCUT2D eigenvalue weighted by Crippen LogP contribution is 2.14. The van der Waals surface area contributed by atoms with Crippen LogP contribution in [-0.2, 0) is 0 Å². The highest BCUT2D eigenvalue weighted by molar-refractivity contribution is 5.83. The third-order valence-corrected chi connectivity index (χ3v) is 1.67. The Balaban J connectivity index is 2.95. The predicted octanol–water partition coefficient (Wildman–Crippen LogP) is 2.11. The van der Waals surface area contributed by atoms with E-state index in [9.17, 15) is 0 Å². The second-order valence-electron chi connectivity index (χ2n) is 2.40. The Bertz CT molecular complexity index is 500. The van der Waals surface area contributed by atoms with Crippen molar-refractivity contribution in [1.29, 1.82) is 5.26 Å². The fourth-order valence-electron chi connectivity index (χ4n) is 1.12. The van der Waals surface area contributed by atoms with E-state index in [-0.39, 0.29) is 0 Å². The lowest BCUT2D eigenvalue weighted by Gasteiger charge is -1.95. The van der Waals surface area contributed by atoms with Gasteiger partial charge in [0.2, 0.25) is 0 Å². The topological polar surface area (TPSA) is 36.7 Å². The highest BCUT2D eigenvalue weighted by Gasteiger charge is 1.97. The molecule has 0 fully saturated rings. The first-order valence-electron chi connectivity index (χ1n) is 4.07. The van der Waals surface area contributed by atoms with Crippen LogP contribution < -0.4 is 0 Å². The minimum absolute atomic E-state index is 0.405. The molecule has 2 aromatic rings. The number of benzene rings is 1. The van der Waals surface area contributed by atoms with Crippen molar-refractivity contribution >= 4 is 10.9 Å². The molecular weight excluding hydrogens is 148 g/mol. The van der Waals surface area contributed by atoms with E-state index in [4.69, 9.17) is 6.63 Å². The van der Waals surface area contributed by atoms with E-state index in [0.29, 0.717) is 17.1 Å². The number of aromatic nitrogens is 1. The molecule has 0 bridgehead atoms. The number of para-hydroxylation sites is 1. The second kappa shape index (κ2) is 2.63. The van der Waals surface area contributed by atoms with Crippen molar-refractivity contribution < 1.29 is 1.37 Å². The zero-order valence-electron chi connectivity index (χ0n) is 7.28. The summed E-state index contributed by atoms with van der Waals surface area (Å²) in [4.78, 5) is 4.07. The summed E-state index contributed by atoms with van der Waals surface area (Å²) in [6.45, 7) is 0. The average molecular weight is 155 g/mol. The van der Waals surface area contributed by atoms with Crippen molar-refractivity contribution in [2.75, 3.05) is 0 Å². The summed E-state index contributed by atoms with van der Waals surface area (Å²) in [7, 11) is 0. The molecule has 0 unspecified atom stereocenters. The van der Waals surface area contributed by atoms with Gasteiger partial charge in [-0.2, -0.15) is 5.26 Å². The van der Waals surface area contributed by atoms with Gasteiger partial charge >= 0.3 is 0 Å². The van der Waals surface area contributed by atoms with Crippen molar-refractivity contribution in [3.8, 4) is 6.07 Å². The minimum Gasteiger partial charge on any atom is -0.255 e. The minimum atomic E-state index is 0.405. The van der Waals surface area contributed by atoms with Gasteiger partial charge in [0.15, 0.2) is 0 Å². The van der Waals surface area contributed by atoms with Gasteiger partial charge in [0.05, 0.1) is 12.5 Å². The molecule has 0 spiro atoms. The van der Waals surface area contributed by atoms with Crippen LogP contribution in [0.2, 0.25) is 0 Å². The Labute approximate surface area is 71.5 Å². The monoisotopic (exact) mass is 155 g/mol. The molecule has 0 N–H and O–H groups in total. The first-order valence-corrected chi connectivity index (χ1v) is 3.57. The van der Waals surface area contributed by atoms with Gasteiger partial charge in [0.1, 0.15) is 6.07 Å². The maximum Gasteiger partial charge on any atom is 0.101 e. The Morgan fingerprint density at radius 2 is 2.33 bits per heavy atom. The Morgan fingerprint density at radius 3 is 3.17 bits per heavy atom.